The van der Waals surface area contributed by atoms with Crippen LogP contribution in [0.25, 0.3) is 11.8 Å². The predicted molar refractivity (Wildman–Crippen MR) is 139 cm³/mol. The molecule has 0 unspecified atom stereocenters. The highest BCUT2D eigenvalue weighted by atomic mass is 79.9. The summed E-state index contributed by atoms with van der Waals surface area (Å²) in [6.07, 6.45) is 1.81. The summed E-state index contributed by atoms with van der Waals surface area (Å²) in [6.45, 7) is 9.90. The third-order valence-electron chi connectivity index (χ3n) is 5.99. The molecule has 174 valence electrons. The number of aromatic nitrogens is 1. The number of carbonyl (C=O) groups excluding carboxylic acids is 2. The zero-order chi connectivity index (χ0) is 24.6. The van der Waals surface area contributed by atoms with Gasteiger partial charge in [-0.1, -0.05) is 28.1 Å². The lowest BCUT2D eigenvalue weighted by Crippen LogP contribution is -2.24. The van der Waals surface area contributed by atoms with Crippen LogP contribution in [0.4, 0.5) is 5.69 Å². The van der Waals surface area contributed by atoms with E-state index >= 15 is 0 Å². The van der Waals surface area contributed by atoms with E-state index in [4.69, 9.17) is 4.74 Å². The number of amides is 1. The predicted octanol–water partition coefficient (Wildman–Crippen LogP) is 6.43. The first-order valence-corrected chi connectivity index (χ1v) is 12.0. The summed E-state index contributed by atoms with van der Waals surface area (Å²) in [6, 6.07) is 17.8. The van der Waals surface area contributed by atoms with Gasteiger partial charge in [-0.25, -0.2) is 4.79 Å². The molecular formula is C28H27BrN2O3. The highest BCUT2D eigenvalue weighted by molar-refractivity contribution is 9.10. The molecule has 0 spiro atoms. The number of esters is 1. The van der Waals surface area contributed by atoms with Crippen LogP contribution in [0.5, 0.6) is 0 Å². The lowest BCUT2D eigenvalue weighted by atomic mass is 10.0. The Morgan fingerprint density at radius 1 is 1.00 bits per heavy atom. The number of carbonyl (C=O) groups is 2. The minimum Gasteiger partial charge on any atom is -0.462 e. The number of benzene rings is 2. The Morgan fingerprint density at radius 2 is 1.71 bits per heavy atom. The maximum Gasteiger partial charge on any atom is 0.340 e. The van der Waals surface area contributed by atoms with E-state index in [2.05, 4.69) is 45.6 Å². The monoisotopic (exact) mass is 518 g/mol. The number of aryl methyl sites for hydroxylation is 2. The Balaban J connectivity index is 1.85. The van der Waals surface area contributed by atoms with Crippen molar-refractivity contribution in [2.75, 3.05) is 11.5 Å². The second-order valence-corrected chi connectivity index (χ2v) is 9.27. The van der Waals surface area contributed by atoms with E-state index in [1.807, 2.05) is 56.3 Å². The lowest BCUT2D eigenvalue weighted by molar-refractivity contribution is -0.138. The van der Waals surface area contributed by atoms with Gasteiger partial charge in [0.1, 0.15) is 0 Å². The smallest absolute Gasteiger partial charge is 0.340 e. The Hall–Kier alpha value is -3.38. The maximum atomic E-state index is 13.6. The number of ether oxygens (including phenoxy) is 1. The third-order valence-corrected chi connectivity index (χ3v) is 6.52. The van der Waals surface area contributed by atoms with Gasteiger partial charge in [0.05, 0.1) is 17.8 Å². The van der Waals surface area contributed by atoms with Gasteiger partial charge in [0.2, 0.25) is 0 Å². The van der Waals surface area contributed by atoms with E-state index in [1.165, 1.54) is 5.56 Å². The summed E-state index contributed by atoms with van der Waals surface area (Å²) in [5.41, 5.74) is 7.05. The van der Waals surface area contributed by atoms with Gasteiger partial charge in [-0.15, -0.1) is 0 Å². The molecule has 4 rings (SSSR count). The van der Waals surface area contributed by atoms with E-state index in [0.717, 1.165) is 27.1 Å². The van der Waals surface area contributed by atoms with E-state index in [1.54, 1.807) is 18.7 Å². The molecule has 0 saturated heterocycles. The van der Waals surface area contributed by atoms with E-state index < -0.39 is 5.97 Å². The fourth-order valence-electron chi connectivity index (χ4n) is 4.44. The summed E-state index contributed by atoms with van der Waals surface area (Å²) < 4.78 is 8.40. The molecule has 0 radical (unpaired) electrons. The highest BCUT2D eigenvalue weighted by Gasteiger charge is 2.38. The highest BCUT2D eigenvalue weighted by Crippen LogP contribution is 2.36. The molecule has 0 fully saturated rings. The van der Waals surface area contributed by atoms with Crippen LogP contribution in [0.2, 0.25) is 0 Å². The van der Waals surface area contributed by atoms with Crippen LogP contribution in [0, 0.1) is 20.8 Å². The largest absolute Gasteiger partial charge is 0.462 e. The van der Waals surface area contributed by atoms with Crippen LogP contribution in [0.15, 0.2) is 75.9 Å². The molecule has 6 heteroatoms. The van der Waals surface area contributed by atoms with Crippen molar-refractivity contribution in [1.82, 2.24) is 4.57 Å². The first kappa shape index (κ1) is 23.8. The van der Waals surface area contributed by atoms with Crippen LogP contribution in [-0.2, 0) is 14.3 Å². The Kier molecular flexibility index (Phi) is 6.62. The van der Waals surface area contributed by atoms with Gasteiger partial charge in [0.15, 0.2) is 0 Å². The van der Waals surface area contributed by atoms with Crippen LogP contribution in [0.3, 0.4) is 0 Å². The van der Waals surface area contributed by atoms with Crippen LogP contribution in [-0.4, -0.2) is 23.1 Å². The molecule has 1 amide bonds. The zero-order valence-corrected chi connectivity index (χ0v) is 21.6. The average molecular weight is 519 g/mol. The molecule has 3 aromatic rings. The van der Waals surface area contributed by atoms with Crippen LogP contribution < -0.4 is 4.90 Å². The quantitative estimate of drug-likeness (QED) is 0.288. The van der Waals surface area contributed by atoms with Crippen molar-refractivity contribution in [3.63, 3.8) is 0 Å². The van der Waals surface area contributed by atoms with Crippen molar-refractivity contribution in [3.05, 3.63) is 98.4 Å². The van der Waals surface area contributed by atoms with Gasteiger partial charge in [0, 0.05) is 32.9 Å². The second-order valence-electron chi connectivity index (χ2n) is 8.36. The molecule has 1 aliphatic heterocycles. The summed E-state index contributed by atoms with van der Waals surface area (Å²) in [5, 5.41) is 0. The number of rotatable bonds is 5. The van der Waals surface area contributed by atoms with E-state index in [0.29, 0.717) is 22.5 Å². The van der Waals surface area contributed by atoms with Gasteiger partial charge in [-0.3, -0.25) is 9.69 Å². The molecule has 0 saturated carbocycles. The van der Waals surface area contributed by atoms with Gasteiger partial charge >= 0.3 is 5.97 Å². The molecule has 0 atom stereocenters. The number of hydrogen-bond acceptors (Lipinski definition) is 3. The normalized spacial score (nSPS) is 14.9. The van der Waals surface area contributed by atoms with Gasteiger partial charge in [-0.05, 0) is 94.3 Å². The summed E-state index contributed by atoms with van der Waals surface area (Å²) in [7, 11) is 0. The average Bonchev–Trinajstić information content (AvgIpc) is 3.20. The standard InChI is InChI=1S/C28H27BrN2O3/c1-6-34-28(33)26-20(5)31(23-12-10-22(29)11-13-23)27(32)25(26)16-21-15-18(3)30(19(21)4)24-9-7-8-17(2)14-24/h7-16H,6H2,1-5H3/b25-16-. The van der Waals surface area contributed by atoms with Crippen molar-refractivity contribution >= 4 is 39.6 Å². The van der Waals surface area contributed by atoms with Gasteiger partial charge in [-0.2, -0.15) is 0 Å². The molecule has 2 aromatic carbocycles. The lowest BCUT2D eigenvalue weighted by Gasteiger charge is -2.18. The zero-order valence-electron chi connectivity index (χ0n) is 20.0. The summed E-state index contributed by atoms with van der Waals surface area (Å²) in [4.78, 5) is 28.1. The molecule has 34 heavy (non-hydrogen) atoms. The summed E-state index contributed by atoms with van der Waals surface area (Å²) in [5.74, 6) is -0.741. The molecule has 0 bridgehead atoms. The number of anilines is 1. The Morgan fingerprint density at radius 3 is 2.35 bits per heavy atom. The Bertz CT molecular complexity index is 1350. The molecule has 5 nitrogen and oxygen atoms in total. The van der Waals surface area contributed by atoms with Crippen LogP contribution in [0.1, 0.15) is 36.4 Å². The van der Waals surface area contributed by atoms with Gasteiger partial charge < -0.3 is 9.30 Å². The van der Waals surface area contributed by atoms with E-state index in [-0.39, 0.29) is 12.5 Å². The second kappa shape index (κ2) is 9.47. The molecular weight excluding hydrogens is 492 g/mol. The Labute approximate surface area is 208 Å². The fourth-order valence-corrected chi connectivity index (χ4v) is 4.70. The molecule has 0 aliphatic carbocycles. The van der Waals surface area contributed by atoms with Crippen molar-refractivity contribution in [2.24, 2.45) is 0 Å². The minimum atomic E-state index is -0.494. The van der Waals surface area contributed by atoms with Crippen molar-refractivity contribution in [3.8, 4) is 5.69 Å². The van der Waals surface area contributed by atoms with Gasteiger partial charge in [0.25, 0.3) is 5.91 Å². The van der Waals surface area contributed by atoms with Crippen molar-refractivity contribution < 1.29 is 14.3 Å². The van der Waals surface area contributed by atoms with Crippen molar-refractivity contribution in [2.45, 2.75) is 34.6 Å². The maximum absolute atomic E-state index is 13.6. The topological polar surface area (TPSA) is 51.5 Å². The van der Waals surface area contributed by atoms with E-state index in [9.17, 15) is 9.59 Å². The SMILES string of the molecule is CCOC(=O)C1=C(C)N(c2ccc(Br)cc2)C(=O)/C1=C\c1cc(C)n(-c2cccc(C)c2)c1C. The third kappa shape index (κ3) is 4.26. The fraction of sp³-hybridized carbons (Fsp3) is 0.214. The van der Waals surface area contributed by atoms with Crippen LogP contribution >= 0.6 is 15.9 Å². The van der Waals surface area contributed by atoms with Crippen molar-refractivity contribution in [1.29, 1.82) is 0 Å². The molecule has 2 heterocycles. The molecule has 1 aliphatic rings. The molecule has 0 N–H and O–H groups in total. The molecule has 1 aromatic heterocycles. The number of nitrogens with zero attached hydrogens (tertiary/aromatic N) is 2. The first-order valence-electron chi connectivity index (χ1n) is 11.2. The minimum absolute atomic E-state index is 0.233. The number of hydrogen-bond donors (Lipinski definition) is 0. The summed E-state index contributed by atoms with van der Waals surface area (Å²) >= 11 is 3.43. The first-order chi connectivity index (χ1) is 16.2. The number of allylic oxidation sites excluding steroid dienone is 1. The number of halogens is 1.